The highest BCUT2D eigenvalue weighted by Gasteiger charge is 2.12. The largest absolute Gasteiger partial charge is 0.314 e. The molecule has 0 saturated carbocycles. The molecular weight excluding hydrogens is 259 g/mol. The number of piperazine rings is 1. The van der Waals surface area contributed by atoms with Crippen molar-refractivity contribution in [2.45, 2.75) is 6.54 Å². The maximum Gasteiger partial charge on any atom is 0.264 e. The van der Waals surface area contributed by atoms with Crippen molar-refractivity contribution in [1.82, 2.24) is 19.8 Å². The van der Waals surface area contributed by atoms with Crippen LogP contribution in [0.1, 0.15) is 0 Å². The fourth-order valence-corrected chi connectivity index (χ4v) is 2.50. The first-order chi connectivity index (χ1) is 9.75. The average molecular weight is 276 g/mol. The molecule has 1 aromatic carbocycles. The number of aromatic nitrogens is 2. The summed E-state index contributed by atoms with van der Waals surface area (Å²) in [5.41, 5.74) is 0.108. The molecule has 0 bridgehead atoms. The molecule has 0 aliphatic carbocycles. The minimum Gasteiger partial charge on any atom is -0.314 e. The third-order valence-corrected chi connectivity index (χ3v) is 3.67. The molecule has 20 heavy (non-hydrogen) atoms. The second-order valence-electron chi connectivity index (χ2n) is 4.97. The molecule has 3 rings (SSSR count). The van der Waals surface area contributed by atoms with Crippen molar-refractivity contribution in [2.75, 3.05) is 32.7 Å². The molecule has 0 radical (unpaired) electrons. The van der Waals surface area contributed by atoms with Gasteiger partial charge in [0.15, 0.2) is 0 Å². The van der Waals surface area contributed by atoms with Crippen LogP contribution in [-0.4, -0.2) is 47.2 Å². The lowest BCUT2D eigenvalue weighted by Gasteiger charge is -2.27. The average Bonchev–Trinajstić information content (AvgIpc) is 2.48. The van der Waals surface area contributed by atoms with Crippen LogP contribution in [-0.2, 0) is 6.54 Å². The maximum atomic E-state index is 13.7. The summed E-state index contributed by atoms with van der Waals surface area (Å²) in [6.07, 6.45) is 1.51. The normalized spacial score (nSPS) is 16.6. The fraction of sp³-hybridized carbons (Fsp3) is 0.429. The lowest BCUT2D eigenvalue weighted by atomic mass is 10.2. The van der Waals surface area contributed by atoms with E-state index in [2.05, 4.69) is 15.2 Å². The fourth-order valence-electron chi connectivity index (χ4n) is 2.50. The van der Waals surface area contributed by atoms with E-state index in [0.717, 1.165) is 32.7 Å². The molecule has 2 aromatic rings. The standard InChI is InChI=1S/C14H17FN4O/c15-11-2-1-3-12-13(11)14(20)19(10-17-12)9-8-18-6-4-16-5-7-18/h1-3,10,16H,4-9H2. The summed E-state index contributed by atoms with van der Waals surface area (Å²) in [5, 5.41) is 3.36. The van der Waals surface area contributed by atoms with E-state index in [9.17, 15) is 9.18 Å². The van der Waals surface area contributed by atoms with Crippen LogP contribution in [0.25, 0.3) is 10.9 Å². The minimum absolute atomic E-state index is 0.0790. The highest BCUT2D eigenvalue weighted by molar-refractivity contribution is 5.77. The van der Waals surface area contributed by atoms with Crippen molar-refractivity contribution < 1.29 is 4.39 Å². The van der Waals surface area contributed by atoms with Gasteiger partial charge in [0, 0.05) is 39.3 Å². The van der Waals surface area contributed by atoms with Gasteiger partial charge in [-0.1, -0.05) is 6.07 Å². The first kappa shape index (κ1) is 13.2. The van der Waals surface area contributed by atoms with E-state index in [0.29, 0.717) is 12.1 Å². The first-order valence-corrected chi connectivity index (χ1v) is 6.82. The van der Waals surface area contributed by atoms with Crippen molar-refractivity contribution >= 4 is 10.9 Å². The van der Waals surface area contributed by atoms with Crippen LogP contribution in [0.2, 0.25) is 0 Å². The number of fused-ring (bicyclic) bond motifs is 1. The van der Waals surface area contributed by atoms with Crippen LogP contribution in [0, 0.1) is 5.82 Å². The van der Waals surface area contributed by atoms with Gasteiger partial charge < -0.3 is 5.32 Å². The summed E-state index contributed by atoms with van der Waals surface area (Å²) >= 11 is 0. The van der Waals surface area contributed by atoms with E-state index in [1.54, 1.807) is 12.1 Å². The summed E-state index contributed by atoms with van der Waals surface area (Å²) < 4.78 is 15.2. The van der Waals surface area contributed by atoms with Crippen LogP contribution in [0.15, 0.2) is 29.3 Å². The molecule has 2 heterocycles. The summed E-state index contributed by atoms with van der Waals surface area (Å²) in [6, 6.07) is 4.52. The monoisotopic (exact) mass is 276 g/mol. The Balaban J connectivity index is 1.83. The van der Waals surface area contributed by atoms with E-state index in [1.807, 2.05) is 0 Å². The van der Waals surface area contributed by atoms with Crippen molar-refractivity contribution in [2.24, 2.45) is 0 Å². The molecule has 0 unspecified atom stereocenters. The van der Waals surface area contributed by atoms with Gasteiger partial charge >= 0.3 is 0 Å². The molecule has 1 saturated heterocycles. The number of halogens is 1. The smallest absolute Gasteiger partial charge is 0.264 e. The summed E-state index contributed by atoms with van der Waals surface area (Å²) in [5.74, 6) is -0.503. The van der Waals surface area contributed by atoms with Gasteiger partial charge in [0.2, 0.25) is 0 Å². The van der Waals surface area contributed by atoms with Gasteiger partial charge in [-0.15, -0.1) is 0 Å². The highest BCUT2D eigenvalue weighted by Crippen LogP contribution is 2.10. The zero-order valence-corrected chi connectivity index (χ0v) is 11.2. The van der Waals surface area contributed by atoms with Crippen molar-refractivity contribution in [3.05, 3.63) is 40.7 Å². The molecular formula is C14H17FN4O. The van der Waals surface area contributed by atoms with Crippen molar-refractivity contribution in [3.63, 3.8) is 0 Å². The number of hydrogen-bond donors (Lipinski definition) is 1. The van der Waals surface area contributed by atoms with E-state index in [4.69, 9.17) is 0 Å². The molecule has 106 valence electrons. The van der Waals surface area contributed by atoms with E-state index in [1.165, 1.54) is 17.0 Å². The number of rotatable bonds is 3. The number of benzene rings is 1. The van der Waals surface area contributed by atoms with Gasteiger partial charge in [0.25, 0.3) is 5.56 Å². The molecule has 0 spiro atoms. The molecule has 1 aliphatic heterocycles. The second kappa shape index (κ2) is 5.68. The van der Waals surface area contributed by atoms with Crippen LogP contribution < -0.4 is 10.9 Å². The predicted molar refractivity (Wildman–Crippen MR) is 75.3 cm³/mol. The molecule has 1 aromatic heterocycles. The third kappa shape index (κ3) is 2.57. The Labute approximate surface area is 116 Å². The molecule has 6 heteroatoms. The Bertz CT molecular complexity index is 664. The first-order valence-electron chi connectivity index (χ1n) is 6.82. The van der Waals surface area contributed by atoms with Crippen molar-refractivity contribution in [3.8, 4) is 0 Å². The summed E-state index contributed by atoms with van der Waals surface area (Å²) in [7, 11) is 0. The van der Waals surface area contributed by atoms with Gasteiger partial charge in [-0.25, -0.2) is 9.37 Å². The van der Waals surface area contributed by atoms with Crippen LogP contribution in [0.3, 0.4) is 0 Å². The van der Waals surface area contributed by atoms with E-state index in [-0.39, 0.29) is 10.9 Å². The van der Waals surface area contributed by atoms with Gasteiger partial charge in [0.1, 0.15) is 11.2 Å². The molecule has 1 aliphatic rings. The Kier molecular flexibility index (Phi) is 3.75. The highest BCUT2D eigenvalue weighted by atomic mass is 19.1. The topological polar surface area (TPSA) is 50.2 Å². The lowest BCUT2D eigenvalue weighted by molar-refractivity contribution is 0.231. The number of nitrogens with one attached hydrogen (secondary N) is 1. The Morgan fingerprint density at radius 2 is 2.05 bits per heavy atom. The summed E-state index contributed by atoms with van der Waals surface area (Å²) in [4.78, 5) is 18.7. The predicted octanol–water partition coefficient (Wildman–Crippen LogP) is 0.441. The quantitative estimate of drug-likeness (QED) is 0.884. The molecule has 0 atom stereocenters. The van der Waals surface area contributed by atoms with Gasteiger partial charge in [-0.2, -0.15) is 0 Å². The van der Waals surface area contributed by atoms with Crippen LogP contribution in [0.4, 0.5) is 4.39 Å². The van der Waals surface area contributed by atoms with Gasteiger partial charge in [0.05, 0.1) is 11.8 Å². The van der Waals surface area contributed by atoms with E-state index >= 15 is 0 Å². The minimum atomic E-state index is -0.503. The Morgan fingerprint density at radius 1 is 1.25 bits per heavy atom. The maximum absolute atomic E-state index is 13.7. The van der Waals surface area contributed by atoms with Crippen molar-refractivity contribution in [1.29, 1.82) is 0 Å². The SMILES string of the molecule is O=c1c2c(F)cccc2ncn1CCN1CCNCC1. The zero-order chi connectivity index (χ0) is 13.9. The third-order valence-electron chi connectivity index (χ3n) is 3.67. The zero-order valence-electron chi connectivity index (χ0n) is 11.2. The Morgan fingerprint density at radius 3 is 2.85 bits per heavy atom. The second-order valence-corrected chi connectivity index (χ2v) is 4.97. The summed E-state index contributed by atoms with van der Waals surface area (Å²) in [6.45, 7) is 5.21. The molecule has 1 fully saturated rings. The van der Waals surface area contributed by atoms with Crippen LogP contribution >= 0.6 is 0 Å². The lowest BCUT2D eigenvalue weighted by Crippen LogP contribution is -2.45. The molecule has 1 N–H and O–H groups in total. The van der Waals surface area contributed by atoms with Crippen LogP contribution in [0.5, 0.6) is 0 Å². The Hall–Kier alpha value is -1.79. The number of hydrogen-bond acceptors (Lipinski definition) is 4. The van der Waals surface area contributed by atoms with Gasteiger partial charge in [-0.3, -0.25) is 14.3 Å². The number of nitrogens with zero attached hydrogens (tertiary/aromatic N) is 3. The molecule has 0 amide bonds. The van der Waals surface area contributed by atoms with E-state index < -0.39 is 5.82 Å². The van der Waals surface area contributed by atoms with Gasteiger partial charge in [-0.05, 0) is 12.1 Å². The molecule has 5 nitrogen and oxygen atoms in total.